The van der Waals surface area contributed by atoms with Gasteiger partial charge in [-0.15, -0.1) is 11.3 Å². The average molecular weight is 1570 g/mol. The normalized spacial score (nSPS) is 12.4. The zero-order chi connectivity index (χ0) is 79.3. The number of para-hydroxylation sites is 1. The number of nitrogens with zero attached hydrogens (tertiary/aromatic N) is 3. The van der Waals surface area contributed by atoms with Crippen LogP contribution >= 0.6 is 11.3 Å². The molecule has 30 rings (SSSR count). The molecule has 0 aliphatic rings. The first-order valence-corrected chi connectivity index (χ1v) is 42.5. The summed E-state index contributed by atoms with van der Waals surface area (Å²) in [6, 6.07) is 138. The smallest absolute Gasteiger partial charge is 0.137 e. The molecule has 122 heavy (non-hydrogen) atoms. The number of aromatic nitrogens is 3. The number of hydrogen-bond donors (Lipinski definition) is 0. The van der Waals surface area contributed by atoms with Crippen LogP contribution in [-0.2, 0) is 0 Å². The second-order valence-corrected chi connectivity index (χ2v) is 33.7. The molecule has 0 amide bonds. The van der Waals surface area contributed by atoms with Crippen LogP contribution in [0.4, 0.5) is 0 Å². The van der Waals surface area contributed by atoms with Gasteiger partial charge in [0.2, 0.25) is 0 Å². The number of thiophene rings is 1. The maximum Gasteiger partial charge on any atom is 0.137 e. The number of hydrogen-bond acceptors (Lipinski definition) is 5. The Hall–Kier alpha value is -16.0. The molecule has 0 N–H and O–H groups in total. The minimum atomic E-state index is 0.895. The summed E-state index contributed by atoms with van der Waals surface area (Å²) in [5, 5.41) is 34.6. The second-order valence-electron chi connectivity index (χ2n) is 32.6. The van der Waals surface area contributed by atoms with Gasteiger partial charge in [-0.3, -0.25) is 0 Å². The Morgan fingerprint density at radius 1 is 0.148 bits per heavy atom. The third kappa shape index (κ3) is 9.11. The van der Waals surface area contributed by atoms with Crippen LogP contribution in [0.3, 0.4) is 0 Å². The molecule has 0 atom stereocenters. The highest BCUT2D eigenvalue weighted by Gasteiger charge is 2.29. The molecule has 0 aliphatic heterocycles. The van der Waals surface area contributed by atoms with Crippen molar-refractivity contribution < 1.29 is 17.7 Å². The van der Waals surface area contributed by atoms with Gasteiger partial charge in [0.05, 0.1) is 33.1 Å². The number of fused-ring (bicyclic) bond motifs is 15. The van der Waals surface area contributed by atoms with Crippen molar-refractivity contribution in [3.63, 3.8) is 0 Å². The van der Waals surface area contributed by atoms with Crippen LogP contribution in [0.15, 0.2) is 400 Å². The topological polar surface area (TPSA) is 67.3 Å². The van der Waals surface area contributed by atoms with Gasteiger partial charge >= 0.3 is 0 Å². The summed E-state index contributed by atoms with van der Waals surface area (Å²) >= 11 is 1.87. The largest absolute Gasteiger partial charge is 0.456 e. The van der Waals surface area contributed by atoms with Crippen molar-refractivity contribution in [1.82, 2.24) is 13.7 Å². The van der Waals surface area contributed by atoms with Crippen LogP contribution in [0.25, 0.3) is 277 Å². The molecule has 30 aromatic rings. The highest BCUT2D eigenvalue weighted by atomic mass is 32.1. The van der Waals surface area contributed by atoms with Crippen LogP contribution in [0.1, 0.15) is 0 Å². The molecule has 0 aliphatic carbocycles. The second kappa shape index (κ2) is 24.8. The van der Waals surface area contributed by atoms with Gasteiger partial charge in [-0.1, -0.05) is 249 Å². The van der Waals surface area contributed by atoms with E-state index in [-0.39, 0.29) is 0 Å². The molecule has 0 spiro atoms. The Morgan fingerprint density at radius 2 is 0.451 bits per heavy atom. The predicted octanol–water partition coefficient (Wildman–Crippen LogP) is 32.9. The van der Waals surface area contributed by atoms with Crippen LogP contribution in [0, 0.1) is 0 Å². The standard InChI is InChI=1S/C42H25NO.C36H19NO2.C36H19NOS/c1-3-11-26(12-4-1)28-23-29(27-13-5-2-6-14-27)25-30(24-28)43-35-19-9-17-33-31-15-7-8-16-32(31)34-18-10-20-37-40(34)42-38(44-37)22-21-36(43)41(42)39(33)35;1-2-8-22-21(7-1)25-10-5-12-27-33(25)35-28(17-18-31-36(35)34-26(22)11-6-14-30(34)39-31)37(27)20-15-16-24-23-9-3-4-13-29(23)38-32(24)19-20;1-2-8-22-21(7-1)25-10-5-12-27-33(25)35-28(17-18-30-36(35)34-26(22)11-6-13-29(34)38-30)37(27)20-15-16-24-23-9-3-4-14-31(23)39-32(24)19-20/h1-25H;2*1-19H. The summed E-state index contributed by atoms with van der Waals surface area (Å²) in [7, 11) is 0. The maximum absolute atomic E-state index is 6.55. The minimum Gasteiger partial charge on any atom is -0.456 e. The Labute approximate surface area is 697 Å². The Kier molecular flexibility index (Phi) is 13.4. The van der Waals surface area contributed by atoms with Crippen LogP contribution in [0.5, 0.6) is 0 Å². The molecule has 0 fully saturated rings. The Bertz CT molecular complexity index is 9260. The van der Waals surface area contributed by atoms with E-state index >= 15 is 0 Å². The fraction of sp³-hybridized carbons (Fsp3) is 0. The first-order chi connectivity index (χ1) is 60.5. The summed E-state index contributed by atoms with van der Waals surface area (Å²) < 4.78 is 35.7. The molecule has 8 heterocycles. The number of furan rings is 4. The van der Waals surface area contributed by atoms with Gasteiger partial charge in [0.15, 0.2) is 0 Å². The Balaban J connectivity index is 0.0000000943. The van der Waals surface area contributed by atoms with Crippen LogP contribution in [0.2, 0.25) is 0 Å². The fourth-order valence-corrected chi connectivity index (χ4v) is 22.6. The van der Waals surface area contributed by atoms with Gasteiger partial charge in [0, 0.05) is 119 Å². The molecule has 0 radical (unpaired) electrons. The van der Waals surface area contributed by atoms with E-state index in [9.17, 15) is 0 Å². The lowest BCUT2D eigenvalue weighted by molar-refractivity contribution is 0.668. The minimum absolute atomic E-state index is 0.895. The monoisotopic (exact) mass is 1570 g/mol. The molecule has 7 nitrogen and oxygen atoms in total. The van der Waals surface area contributed by atoms with Crippen LogP contribution < -0.4 is 0 Å². The fourth-order valence-electron chi connectivity index (χ4n) is 21.5. The molecular weight excluding hydrogens is 1510 g/mol. The van der Waals surface area contributed by atoms with E-state index < -0.39 is 0 Å². The zero-order valence-electron chi connectivity index (χ0n) is 65.3. The maximum atomic E-state index is 6.55. The zero-order valence-corrected chi connectivity index (χ0v) is 66.1. The van der Waals surface area contributed by atoms with Gasteiger partial charge < -0.3 is 31.4 Å². The third-order valence-corrected chi connectivity index (χ3v) is 27.5. The number of rotatable bonds is 5. The van der Waals surface area contributed by atoms with E-state index in [1.165, 1.54) is 205 Å². The molecule has 564 valence electrons. The SMILES string of the molecule is c1ccc(-c2cc(-c3ccccc3)cc(-n3c4cccc5c6ccccc6c6cccc7oc8ccc3c(c8c76)c54)c2)cc1.c1ccc2c(c1)oc1cc(-n3c4cccc5c6ccccc6c6cccc7oc8ccc3c(c8c76)c54)ccc12.c1ccc2c(c1)sc1cc(-n3c4cccc5c6ccccc6c6cccc7oc8ccc3c(c8c76)c54)ccc12. The molecule has 0 bridgehead atoms. The van der Waals surface area contributed by atoms with Crippen molar-refractivity contribution >= 4 is 249 Å². The molecule has 22 aromatic carbocycles. The van der Waals surface area contributed by atoms with E-state index in [4.69, 9.17) is 17.7 Å². The van der Waals surface area contributed by atoms with Crippen molar-refractivity contribution in [2.45, 2.75) is 0 Å². The van der Waals surface area contributed by atoms with Gasteiger partial charge in [-0.25, -0.2) is 0 Å². The molecule has 8 aromatic heterocycles. The lowest BCUT2D eigenvalue weighted by Crippen LogP contribution is -1.96. The Morgan fingerprint density at radius 3 is 0.893 bits per heavy atom. The highest BCUT2D eigenvalue weighted by Crippen LogP contribution is 2.53. The molecule has 8 heteroatoms. The van der Waals surface area contributed by atoms with Crippen molar-refractivity contribution in [3.05, 3.63) is 382 Å². The molecule has 0 saturated heterocycles. The van der Waals surface area contributed by atoms with Gasteiger partial charge in [-0.05, 0) is 214 Å². The van der Waals surface area contributed by atoms with Crippen molar-refractivity contribution in [2.75, 3.05) is 0 Å². The van der Waals surface area contributed by atoms with Crippen molar-refractivity contribution in [2.24, 2.45) is 0 Å². The lowest BCUT2D eigenvalue weighted by Gasteiger charge is -2.14. The van der Waals surface area contributed by atoms with E-state index in [2.05, 4.69) is 384 Å². The van der Waals surface area contributed by atoms with Crippen LogP contribution in [-0.4, -0.2) is 13.7 Å². The van der Waals surface area contributed by atoms with E-state index in [0.29, 0.717) is 0 Å². The molecular formula is C114H63N3O4S. The average Bonchev–Trinajstić information content (AvgIpc) is 1.54. The summed E-state index contributed by atoms with van der Waals surface area (Å²) in [6.45, 7) is 0. The quantitative estimate of drug-likeness (QED) is 0.172. The predicted molar refractivity (Wildman–Crippen MR) is 514 cm³/mol. The highest BCUT2D eigenvalue weighted by molar-refractivity contribution is 7.25. The van der Waals surface area contributed by atoms with E-state index in [0.717, 1.165) is 72.3 Å². The first kappa shape index (κ1) is 66.1. The van der Waals surface area contributed by atoms with E-state index in [1.54, 1.807) is 0 Å². The summed E-state index contributed by atoms with van der Waals surface area (Å²) in [5.74, 6) is 0. The molecule has 0 unspecified atom stereocenters. The van der Waals surface area contributed by atoms with Gasteiger partial charge in [0.1, 0.15) is 44.7 Å². The van der Waals surface area contributed by atoms with Gasteiger partial charge in [-0.2, -0.15) is 0 Å². The first-order valence-electron chi connectivity index (χ1n) is 41.7. The number of benzene rings is 19. The van der Waals surface area contributed by atoms with Crippen molar-refractivity contribution in [3.8, 4) is 39.3 Å². The van der Waals surface area contributed by atoms with Crippen molar-refractivity contribution in [1.29, 1.82) is 0 Å². The summed E-state index contributed by atoms with van der Waals surface area (Å²) in [5.41, 5.74) is 22.7. The van der Waals surface area contributed by atoms with Gasteiger partial charge in [0.25, 0.3) is 0 Å². The summed E-state index contributed by atoms with van der Waals surface area (Å²) in [6.07, 6.45) is 0. The lowest BCUT2D eigenvalue weighted by atomic mass is 9.95. The summed E-state index contributed by atoms with van der Waals surface area (Å²) in [4.78, 5) is 0. The van der Waals surface area contributed by atoms with E-state index in [1.807, 2.05) is 23.5 Å². The molecule has 0 saturated carbocycles. The third-order valence-electron chi connectivity index (χ3n) is 26.4.